The predicted molar refractivity (Wildman–Crippen MR) is 104 cm³/mol. The maximum atomic E-state index is 10.6. The summed E-state index contributed by atoms with van der Waals surface area (Å²) in [5.74, 6) is 0.514. The molecular weight excluding hydrogens is 405 g/mol. The molecule has 2 heterocycles. The van der Waals surface area contributed by atoms with Gasteiger partial charge in [0.1, 0.15) is 18.0 Å². The molecule has 0 unspecified atom stereocenters. The van der Waals surface area contributed by atoms with Gasteiger partial charge in [-0.15, -0.1) is 0 Å². The number of hydrogen-bond acceptors (Lipinski definition) is 7. The molecule has 1 aliphatic heterocycles. The number of carbonyl (C=O) groups is 1. The molecule has 8 nitrogen and oxygen atoms in total. The van der Waals surface area contributed by atoms with Gasteiger partial charge in [0.2, 0.25) is 6.79 Å². The molecule has 162 valence electrons. The first-order chi connectivity index (χ1) is 14.2. The lowest BCUT2D eigenvalue weighted by Gasteiger charge is -2.19. The summed E-state index contributed by atoms with van der Waals surface area (Å²) in [5.41, 5.74) is 1.14. The molecule has 0 spiro atoms. The number of allylic oxidation sites excluding steroid dienone is 1. The fourth-order valence-electron chi connectivity index (χ4n) is 2.33. The zero-order valence-electron chi connectivity index (χ0n) is 16.3. The Labute approximate surface area is 171 Å². The second kappa shape index (κ2) is 10.3. The first-order valence-electron chi connectivity index (χ1n) is 8.77. The average Bonchev–Trinajstić information content (AvgIpc) is 3.16. The number of anilines is 2. The second-order valence-electron chi connectivity index (χ2n) is 6.06. The fraction of sp³-hybridized carbons (Fsp3) is 0.316. The third-order valence-corrected chi connectivity index (χ3v) is 3.78. The first-order valence-corrected chi connectivity index (χ1v) is 8.77. The van der Waals surface area contributed by atoms with Crippen molar-refractivity contribution in [2.45, 2.75) is 19.6 Å². The van der Waals surface area contributed by atoms with Crippen LogP contribution >= 0.6 is 0 Å². The van der Waals surface area contributed by atoms with Gasteiger partial charge in [0.05, 0.1) is 0 Å². The van der Waals surface area contributed by atoms with Crippen LogP contribution in [-0.4, -0.2) is 47.6 Å². The SMILES string of the molecule is C/C=C/CNc1cc(N(C)Cc2ccc3c(c2)OCO3)ncn1.O=C(O)C(F)(F)F. The van der Waals surface area contributed by atoms with Gasteiger partial charge in [0.25, 0.3) is 0 Å². The third kappa shape index (κ3) is 6.83. The number of fused-ring (bicyclic) bond motifs is 1. The van der Waals surface area contributed by atoms with Crippen LogP contribution in [0.25, 0.3) is 0 Å². The van der Waals surface area contributed by atoms with E-state index in [0.29, 0.717) is 6.79 Å². The summed E-state index contributed by atoms with van der Waals surface area (Å²) in [6.45, 7) is 3.76. The molecule has 2 N–H and O–H groups in total. The van der Waals surface area contributed by atoms with Crippen LogP contribution in [-0.2, 0) is 11.3 Å². The molecule has 0 radical (unpaired) electrons. The zero-order chi connectivity index (χ0) is 22.1. The van der Waals surface area contributed by atoms with E-state index >= 15 is 0 Å². The van der Waals surface area contributed by atoms with Crippen LogP contribution in [0, 0.1) is 0 Å². The Balaban J connectivity index is 0.000000396. The van der Waals surface area contributed by atoms with E-state index in [4.69, 9.17) is 19.4 Å². The number of alkyl halides is 3. The molecule has 1 aromatic carbocycles. The number of carboxylic acid groups (broad SMARTS) is 1. The Hall–Kier alpha value is -3.50. The number of ether oxygens (including phenoxy) is 2. The van der Waals surface area contributed by atoms with E-state index in [9.17, 15) is 13.2 Å². The van der Waals surface area contributed by atoms with Gasteiger partial charge >= 0.3 is 12.1 Å². The van der Waals surface area contributed by atoms with E-state index in [1.165, 1.54) is 0 Å². The minimum atomic E-state index is -5.08. The molecule has 30 heavy (non-hydrogen) atoms. The minimum absolute atomic E-state index is 0.293. The molecule has 3 rings (SSSR count). The van der Waals surface area contributed by atoms with Gasteiger partial charge in [-0.2, -0.15) is 13.2 Å². The summed E-state index contributed by atoms with van der Waals surface area (Å²) in [6.07, 6.45) is 0.530. The molecule has 0 amide bonds. The quantitative estimate of drug-likeness (QED) is 0.678. The highest BCUT2D eigenvalue weighted by atomic mass is 19.4. The highest BCUT2D eigenvalue weighted by Crippen LogP contribution is 2.33. The highest BCUT2D eigenvalue weighted by Gasteiger charge is 2.38. The van der Waals surface area contributed by atoms with Crippen molar-refractivity contribution < 1.29 is 32.5 Å². The molecule has 1 aromatic heterocycles. The number of rotatable bonds is 6. The van der Waals surface area contributed by atoms with Crippen LogP contribution in [0.1, 0.15) is 12.5 Å². The predicted octanol–water partition coefficient (Wildman–Crippen LogP) is 3.46. The van der Waals surface area contributed by atoms with E-state index in [-0.39, 0.29) is 0 Å². The lowest BCUT2D eigenvalue weighted by atomic mass is 10.2. The lowest BCUT2D eigenvalue weighted by Crippen LogP contribution is -2.21. The van der Waals surface area contributed by atoms with Crippen molar-refractivity contribution in [2.75, 3.05) is 30.6 Å². The Morgan fingerprint density at radius 1 is 1.27 bits per heavy atom. The number of hydrogen-bond donors (Lipinski definition) is 2. The van der Waals surface area contributed by atoms with E-state index in [1.807, 2.05) is 50.4 Å². The number of nitrogens with one attached hydrogen (secondary N) is 1. The maximum Gasteiger partial charge on any atom is 0.490 e. The third-order valence-electron chi connectivity index (χ3n) is 3.78. The monoisotopic (exact) mass is 426 g/mol. The standard InChI is InChI=1S/C17H20N4O2.C2HF3O2/c1-3-4-7-18-16-9-17(20-11-19-16)21(2)10-13-5-6-14-15(8-13)23-12-22-14;3-2(4,5)1(6)7/h3-6,8-9,11H,7,10,12H2,1-2H3,(H,18,19,20);(H,6,7)/b4-3+;. The summed E-state index contributed by atoms with van der Waals surface area (Å²) in [5, 5.41) is 10.4. The largest absolute Gasteiger partial charge is 0.490 e. The number of carboxylic acids is 1. The topological polar surface area (TPSA) is 96.8 Å². The molecule has 2 aromatic rings. The van der Waals surface area contributed by atoms with Gasteiger partial charge in [-0.05, 0) is 24.6 Å². The van der Waals surface area contributed by atoms with E-state index in [0.717, 1.165) is 41.8 Å². The molecule has 0 fully saturated rings. The van der Waals surface area contributed by atoms with Crippen molar-refractivity contribution in [1.29, 1.82) is 0 Å². The number of aliphatic carboxylic acids is 1. The van der Waals surface area contributed by atoms with Gasteiger partial charge in [-0.25, -0.2) is 14.8 Å². The normalized spacial score (nSPS) is 12.3. The van der Waals surface area contributed by atoms with Gasteiger partial charge in [0.15, 0.2) is 11.5 Å². The lowest BCUT2D eigenvalue weighted by molar-refractivity contribution is -0.192. The second-order valence-corrected chi connectivity index (χ2v) is 6.06. The van der Waals surface area contributed by atoms with Crippen LogP contribution in [0.15, 0.2) is 42.7 Å². The number of nitrogens with zero attached hydrogens (tertiary/aromatic N) is 3. The van der Waals surface area contributed by atoms with Crippen LogP contribution in [0.3, 0.4) is 0 Å². The van der Waals surface area contributed by atoms with Gasteiger partial charge in [-0.1, -0.05) is 18.2 Å². The van der Waals surface area contributed by atoms with Crippen molar-refractivity contribution >= 4 is 17.6 Å². The summed E-state index contributed by atoms with van der Waals surface area (Å²) in [4.78, 5) is 19.5. The van der Waals surface area contributed by atoms with Crippen LogP contribution < -0.4 is 19.7 Å². The van der Waals surface area contributed by atoms with E-state index in [2.05, 4.69) is 20.2 Å². The smallest absolute Gasteiger partial charge is 0.475 e. The van der Waals surface area contributed by atoms with Gasteiger partial charge in [0, 0.05) is 26.2 Å². The molecular formula is C19H21F3N4O4. The average molecular weight is 426 g/mol. The van der Waals surface area contributed by atoms with Gasteiger partial charge in [-0.3, -0.25) is 0 Å². The molecule has 0 saturated carbocycles. The minimum Gasteiger partial charge on any atom is -0.475 e. The fourth-order valence-corrected chi connectivity index (χ4v) is 2.33. The Kier molecular flexibility index (Phi) is 7.84. The van der Waals surface area contributed by atoms with E-state index in [1.54, 1.807) is 6.33 Å². The van der Waals surface area contributed by atoms with Crippen LogP contribution in [0.5, 0.6) is 11.5 Å². The maximum absolute atomic E-state index is 10.6. The van der Waals surface area contributed by atoms with Crippen molar-refractivity contribution in [1.82, 2.24) is 9.97 Å². The van der Waals surface area contributed by atoms with Gasteiger partial charge < -0.3 is 24.8 Å². The molecule has 0 saturated heterocycles. The zero-order valence-corrected chi connectivity index (χ0v) is 16.3. The molecule has 0 aliphatic carbocycles. The first kappa shape index (κ1) is 22.8. The van der Waals surface area contributed by atoms with Crippen LogP contribution in [0.2, 0.25) is 0 Å². The molecule has 1 aliphatic rings. The Morgan fingerprint density at radius 3 is 2.63 bits per heavy atom. The summed E-state index contributed by atoms with van der Waals surface area (Å²) in [7, 11) is 2.00. The molecule has 11 heteroatoms. The number of halogens is 3. The van der Waals surface area contributed by atoms with Crippen LogP contribution in [0.4, 0.5) is 24.8 Å². The van der Waals surface area contributed by atoms with Crippen molar-refractivity contribution in [3.8, 4) is 11.5 Å². The molecule has 0 bridgehead atoms. The number of aromatic nitrogens is 2. The van der Waals surface area contributed by atoms with Crippen molar-refractivity contribution in [3.05, 3.63) is 48.3 Å². The number of benzene rings is 1. The van der Waals surface area contributed by atoms with Crippen molar-refractivity contribution in [3.63, 3.8) is 0 Å². The summed E-state index contributed by atoms with van der Waals surface area (Å²) < 4.78 is 42.5. The van der Waals surface area contributed by atoms with Crippen molar-refractivity contribution in [2.24, 2.45) is 0 Å². The molecule has 0 atom stereocenters. The highest BCUT2D eigenvalue weighted by molar-refractivity contribution is 5.73. The Bertz CT molecular complexity index is 890. The van der Waals surface area contributed by atoms with E-state index < -0.39 is 12.1 Å². The summed E-state index contributed by atoms with van der Waals surface area (Å²) in [6, 6.07) is 7.92. The summed E-state index contributed by atoms with van der Waals surface area (Å²) >= 11 is 0. The Morgan fingerprint density at radius 2 is 1.97 bits per heavy atom.